The number of carbonyl (C=O) groups excluding carboxylic acids is 4. The molecule has 0 saturated carbocycles. The van der Waals surface area contributed by atoms with Gasteiger partial charge in [0, 0.05) is 0 Å². The van der Waals surface area contributed by atoms with Crippen molar-refractivity contribution in [3.05, 3.63) is 63.6 Å². The molecular formula is C22H19BrN2O6. The molecule has 0 aliphatic carbocycles. The molecule has 4 amide bonds. The maximum atomic E-state index is 13.0. The fraction of sp³-hybridized carbons (Fsp3) is 0.182. The normalized spacial score (nSPS) is 15.1. The molecule has 160 valence electrons. The SMILES string of the molecule is CCOC(=O)COc1ccc(/C=C2\C(=O)NC(=O)N(c3ccccc3C)C2=O)cc1Br. The molecule has 0 aromatic heterocycles. The highest BCUT2D eigenvalue weighted by molar-refractivity contribution is 9.10. The zero-order chi connectivity index (χ0) is 22.5. The molecule has 9 heteroatoms. The number of halogens is 1. The molecule has 2 aromatic rings. The number of ether oxygens (including phenoxy) is 2. The number of para-hydroxylation sites is 1. The number of urea groups is 1. The summed E-state index contributed by atoms with van der Waals surface area (Å²) in [4.78, 5) is 50.0. The highest BCUT2D eigenvalue weighted by Gasteiger charge is 2.37. The topological polar surface area (TPSA) is 102 Å². The second-order valence-corrected chi connectivity index (χ2v) is 7.38. The van der Waals surface area contributed by atoms with E-state index in [4.69, 9.17) is 9.47 Å². The number of imide groups is 2. The van der Waals surface area contributed by atoms with Crippen LogP contribution in [0.15, 0.2) is 52.5 Å². The summed E-state index contributed by atoms with van der Waals surface area (Å²) < 4.78 is 10.7. The Bertz CT molecular complexity index is 1100. The minimum atomic E-state index is -0.801. The highest BCUT2D eigenvalue weighted by Crippen LogP contribution is 2.29. The average molecular weight is 487 g/mol. The number of rotatable bonds is 6. The van der Waals surface area contributed by atoms with E-state index in [-0.39, 0.29) is 18.8 Å². The van der Waals surface area contributed by atoms with Crippen LogP contribution >= 0.6 is 15.9 Å². The second kappa shape index (κ2) is 9.57. The van der Waals surface area contributed by atoms with Gasteiger partial charge in [-0.2, -0.15) is 0 Å². The van der Waals surface area contributed by atoms with E-state index in [1.165, 1.54) is 6.08 Å². The van der Waals surface area contributed by atoms with Crippen molar-refractivity contribution in [2.75, 3.05) is 18.1 Å². The number of nitrogens with one attached hydrogen (secondary N) is 1. The predicted octanol–water partition coefficient (Wildman–Crippen LogP) is 3.37. The van der Waals surface area contributed by atoms with E-state index in [1.54, 1.807) is 56.3 Å². The van der Waals surface area contributed by atoms with Gasteiger partial charge in [0.25, 0.3) is 11.8 Å². The lowest BCUT2D eigenvalue weighted by Gasteiger charge is -2.27. The molecule has 1 aliphatic rings. The quantitative estimate of drug-likeness (QED) is 0.381. The lowest BCUT2D eigenvalue weighted by Crippen LogP contribution is -2.54. The Kier molecular flexibility index (Phi) is 6.86. The summed E-state index contributed by atoms with van der Waals surface area (Å²) in [5, 5.41) is 2.20. The van der Waals surface area contributed by atoms with Crippen LogP contribution in [-0.2, 0) is 19.1 Å². The van der Waals surface area contributed by atoms with Gasteiger partial charge in [-0.05, 0) is 65.2 Å². The van der Waals surface area contributed by atoms with Gasteiger partial charge in [0.1, 0.15) is 11.3 Å². The number of amides is 4. The molecule has 0 spiro atoms. The van der Waals surface area contributed by atoms with Crippen molar-refractivity contribution in [2.45, 2.75) is 13.8 Å². The number of hydrogen-bond donors (Lipinski definition) is 1. The first-order valence-electron chi connectivity index (χ1n) is 9.37. The number of hydrogen-bond acceptors (Lipinski definition) is 6. The first-order valence-corrected chi connectivity index (χ1v) is 10.2. The Morgan fingerprint density at radius 2 is 1.90 bits per heavy atom. The summed E-state index contributed by atoms with van der Waals surface area (Å²) >= 11 is 3.34. The third-order valence-electron chi connectivity index (χ3n) is 4.38. The van der Waals surface area contributed by atoms with Crippen molar-refractivity contribution in [1.82, 2.24) is 5.32 Å². The molecule has 0 unspecified atom stereocenters. The van der Waals surface area contributed by atoms with Crippen LogP contribution in [0.2, 0.25) is 0 Å². The molecule has 1 aliphatic heterocycles. The van der Waals surface area contributed by atoms with Crippen LogP contribution in [0.5, 0.6) is 5.75 Å². The number of esters is 1. The van der Waals surface area contributed by atoms with Crippen molar-refractivity contribution in [1.29, 1.82) is 0 Å². The fourth-order valence-electron chi connectivity index (χ4n) is 2.92. The molecule has 0 radical (unpaired) electrons. The standard InChI is InChI=1S/C22H19BrN2O6/c1-3-30-19(26)12-31-18-9-8-14(11-16(18)23)10-15-20(27)24-22(29)25(21(15)28)17-7-5-4-6-13(17)2/h4-11H,3,12H2,1-2H3,(H,24,27,29)/b15-10+. The van der Waals surface area contributed by atoms with Crippen molar-refractivity contribution in [3.8, 4) is 5.75 Å². The van der Waals surface area contributed by atoms with E-state index in [9.17, 15) is 19.2 Å². The molecule has 8 nitrogen and oxygen atoms in total. The zero-order valence-electron chi connectivity index (χ0n) is 16.8. The van der Waals surface area contributed by atoms with Gasteiger partial charge in [-0.3, -0.25) is 14.9 Å². The van der Waals surface area contributed by atoms with Crippen molar-refractivity contribution in [2.24, 2.45) is 0 Å². The highest BCUT2D eigenvalue weighted by atomic mass is 79.9. The molecule has 1 N–H and O–H groups in total. The van der Waals surface area contributed by atoms with Gasteiger partial charge < -0.3 is 9.47 Å². The second-order valence-electron chi connectivity index (χ2n) is 6.53. The predicted molar refractivity (Wildman–Crippen MR) is 116 cm³/mol. The van der Waals surface area contributed by atoms with Crippen molar-refractivity contribution < 1.29 is 28.7 Å². The van der Waals surface area contributed by atoms with Crippen LogP contribution in [0.1, 0.15) is 18.1 Å². The fourth-order valence-corrected chi connectivity index (χ4v) is 3.43. The summed E-state index contributed by atoms with van der Waals surface area (Å²) in [6.45, 7) is 3.48. The minimum Gasteiger partial charge on any atom is -0.481 e. The molecule has 3 rings (SSSR count). The van der Waals surface area contributed by atoms with Gasteiger partial charge in [-0.1, -0.05) is 24.3 Å². The van der Waals surface area contributed by atoms with Crippen LogP contribution in [-0.4, -0.2) is 37.0 Å². The number of anilines is 1. The molecule has 0 bridgehead atoms. The number of benzene rings is 2. The number of carbonyl (C=O) groups is 4. The van der Waals surface area contributed by atoms with Crippen molar-refractivity contribution in [3.63, 3.8) is 0 Å². The Balaban J connectivity index is 1.86. The first-order chi connectivity index (χ1) is 14.8. The molecule has 31 heavy (non-hydrogen) atoms. The third-order valence-corrected chi connectivity index (χ3v) is 5.00. The van der Waals surface area contributed by atoms with E-state index in [2.05, 4.69) is 21.2 Å². The van der Waals surface area contributed by atoms with E-state index in [0.717, 1.165) is 4.90 Å². The van der Waals surface area contributed by atoms with Crippen LogP contribution in [0, 0.1) is 6.92 Å². The Labute approximate surface area is 186 Å². The van der Waals surface area contributed by atoms with E-state index in [0.29, 0.717) is 27.0 Å². The summed E-state index contributed by atoms with van der Waals surface area (Å²) in [7, 11) is 0. The third kappa shape index (κ3) is 5.00. The zero-order valence-corrected chi connectivity index (χ0v) is 18.4. The summed E-state index contributed by atoms with van der Waals surface area (Å²) in [5.41, 5.74) is 1.45. The summed E-state index contributed by atoms with van der Waals surface area (Å²) in [6.07, 6.45) is 1.38. The minimum absolute atomic E-state index is 0.185. The smallest absolute Gasteiger partial charge is 0.344 e. The average Bonchev–Trinajstić information content (AvgIpc) is 2.72. The maximum Gasteiger partial charge on any atom is 0.344 e. The van der Waals surface area contributed by atoms with Crippen LogP contribution in [0.3, 0.4) is 0 Å². The summed E-state index contributed by atoms with van der Waals surface area (Å²) in [5.74, 6) is -1.60. The van der Waals surface area contributed by atoms with E-state index < -0.39 is 23.8 Å². The van der Waals surface area contributed by atoms with Gasteiger partial charge in [-0.25, -0.2) is 14.5 Å². The van der Waals surface area contributed by atoms with E-state index in [1.807, 2.05) is 0 Å². The van der Waals surface area contributed by atoms with Crippen LogP contribution in [0.4, 0.5) is 10.5 Å². The largest absolute Gasteiger partial charge is 0.481 e. The van der Waals surface area contributed by atoms with Gasteiger partial charge >= 0.3 is 12.0 Å². The Morgan fingerprint density at radius 3 is 2.58 bits per heavy atom. The number of barbiturate groups is 1. The van der Waals surface area contributed by atoms with Crippen LogP contribution < -0.4 is 15.0 Å². The van der Waals surface area contributed by atoms with Crippen molar-refractivity contribution >= 4 is 51.5 Å². The maximum absolute atomic E-state index is 13.0. The molecular weight excluding hydrogens is 468 g/mol. The van der Waals surface area contributed by atoms with Crippen LogP contribution in [0.25, 0.3) is 6.08 Å². The first kappa shape index (κ1) is 22.2. The molecule has 1 heterocycles. The molecule has 1 fully saturated rings. The van der Waals surface area contributed by atoms with Gasteiger partial charge in [0.05, 0.1) is 16.8 Å². The Morgan fingerprint density at radius 1 is 1.16 bits per heavy atom. The van der Waals surface area contributed by atoms with E-state index >= 15 is 0 Å². The summed E-state index contributed by atoms with van der Waals surface area (Å²) in [6, 6.07) is 10.9. The van der Waals surface area contributed by atoms with Gasteiger partial charge in [-0.15, -0.1) is 0 Å². The molecule has 1 saturated heterocycles. The number of nitrogens with zero attached hydrogens (tertiary/aromatic N) is 1. The monoisotopic (exact) mass is 486 g/mol. The van der Waals surface area contributed by atoms with Gasteiger partial charge in [0.15, 0.2) is 6.61 Å². The molecule has 2 aromatic carbocycles. The molecule has 0 atom stereocenters. The lowest BCUT2D eigenvalue weighted by molar-refractivity contribution is -0.145. The Hall–Kier alpha value is -3.46. The lowest BCUT2D eigenvalue weighted by atomic mass is 10.1. The van der Waals surface area contributed by atoms with Gasteiger partial charge in [0.2, 0.25) is 0 Å². The number of aryl methyl sites for hydroxylation is 1.